The SMILES string of the molecule is O=C(Cn1cnc2c(cnn2-c2cccc(Cl)c2)c1=O)NCc1ccccc1. The number of nitrogens with one attached hydrogen (secondary N) is 1. The summed E-state index contributed by atoms with van der Waals surface area (Å²) in [5, 5.41) is 7.94. The zero-order valence-corrected chi connectivity index (χ0v) is 15.5. The summed E-state index contributed by atoms with van der Waals surface area (Å²) in [6, 6.07) is 16.7. The Hall–Kier alpha value is -3.45. The molecule has 2 aromatic heterocycles. The van der Waals surface area contributed by atoms with Crippen LogP contribution in [-0.4, -0.2) is 25.2 Å². The number of hydrogen-bond acceptors (Lipinski definition) is 4. The van der Waals surface area contributed by atoms with Crippen molar-refractivity contribution in [2.24, 2.45) is 0 Å². The Balaban J connectivity index is 1.55. The summed E-state index contributed by atoms with van der Waals surface area (Å²) in [5.74, 6) is -0.269. The maximum Gasteiger partial charge on any atom is 0.264 e. The van der Waals surface area contributed by atoms with Crippen LogP contribution in [0.2, 0.25) is 5.02 Å². The highest BCUT2D eigenvalue weighted by molar-refractivity contribution is 6.30. The molecular weight excluding hydrogens is 378 g/mol. The van der Waals surface area contributed by atoms with Gasteiger partial charge in [-0.15, -0.1) is 0 Å². The van der Waals surface area contributed by atoms with Crippen molar-refractivity contribution in [2.75, 3.05) is 0 Å². The molecule has 0 aliphatic rings. The van der Waals surface area contributed by atoms with Gasteiger partial charge in [0, 0.05) is 11.6 Å². The second-order valence-corrected chi connectivity index (χ2v) is 6.65. The maximum atomic E-state index is 12.7. The summed E-state index contributed by atoms with van der Waals surface area (Å²) >= 11 is 6.03. The van der Waals surface area contributed by atoms with Crippen LogP contribution in [0, 0.1) is 0 Å². The molecule has 0 unspecified atom stereocenters. The van der Waals surface area contributed by atoms with Gasteiger partial charge < -0.3 is 5.32 Å². The Morgan fingerprint density at radius 2 is 1.93 bits per heavy atom. The van der Waals surface area contributed by atoms with E-state index in [9.17, 15) is 9.59 Å². The molecule has 0 aliphatic heterocycles. The van der Waals surface area contributed by atoms with E-state index < -0.39 is 0 Å². The topological polar surface area (TPSA) is 81.8 Å². The smallest absolute Gasteiger partial charge is 0.264 e. The molecule has 1 N–H and O–H groups in total. The molecule has 4 rings (SSSR count). The highest BCUT2D eigenvalue weighted by Gasteiger charge is 2.13. The fourth-order valence-corrected chi connectivity index (χ4v) is 3.05. The number of carbonyl (C=O) groups excluding carboxylic acids is 1. The average Bonchev–Trinajstić information content (AvgIpc) is 3.14. The quantitative estimate of drug-likeness (QED) is 0.565. The molecule has 0 saturated carbocycles. The predicted molar refractivity (Wildman–Crippen MR) is 106 cm³/mol. The highest BCUT2D eigenvalue weighted by atomic mass is 35.5. The zero-order chi connectivity index (χ0) is 19.5. The zero-order valence-electron chi connectivity index (χ0n) is 14.7. The van der Waals surface area contributed by atoms with E-state index in [0.29, 0.717) is 28.3 Å². The molecule has 0 fully saturated rings. The Labute approximate surface area is 165 Å². The van der Waals surface area contributed by atoms with Crippen molar-refractivity contribution in [1.82, 2.24) is 24.6 Å². The number of halogens is 1. The number of amides is 1. The van der Waals surface area contributed by atoms with Crippen molar-refractivity contribution in [1.29, 1.82) is 0 Å². The fourth-order valence-electron chi connectivity index (χ4n) is 2.87. The van der Waals surface area contributed by atoms with Crippen LogP contribution in [0.25, 0.3) is 16.7 Å². The predicted octanol–water partition coefficient (Wildman–Crippen LogP) is 2.55. The van der Waals surface area contributed by atoms with Crippen molar-refractivity contribution in [3.63, 3.8) is 0 Å². The standard InChI is InChI=1S/C20H16ClN5O2/c21-15-7-4-8-16(9-15)26-19-17(11-24-26)20(28)25(13-23-19)12-18(27)22-10-14-5-2-1-3-6-14/h1-9,11,13H,10,12H2,(H,22,27). The summed E-state index contributed by atoms with van der Waals surface area (Å²) in [7, 11) is 0. The van der Waals surface area contributed by atoms with Gasteiger partial charge in [-0.1, -0.05) is 48.0 Å². The summed E-state index contributed by atoms with van der Waals surface area (Å²) in [5.41, 5.74) is 1.77. The molecule has 2 heterocycles. The number of hydrogen-bond donors (Lipinski definition) is 1. The molecule has 8 heteroatoms. The molecule has 0 saturated heterocycles. The van der Waals surface area contributed by atoms with E-state index in [4.69, 9.17) is 11.6 Å². The van der Waals surface area contributed by atoms with Gasteiger partial charge in [-0.05, 0) is 23.8 Å². The van der Waals surface area contributed by atoms with E-state index in [-0.39, 0.29) is 18.0 Å². The van der Waals surface area contributed by atoms with Gasteiger partial charge in [0.05, 0.1) is 11.9 Å². The lowest BCUT2D eigenvalue weighted by Gasteiger charge is -2.08. The van der Waals surface area contributed by atoms with E-state index in [1.165, 1.54) is 17.1 Å². The molecular formula is C20H16ClN5O2. The van der Waals surface area contributed by atoms with Crippen molar-refractivity contribution in [3.05, 3.63) is 88.1 Å². The molecule has 0 aliphatic carbocycles. The average molecular weight is 394 g/mol. The van der Waals surface area contributed by atoms with Crippen LogP contribution in [0.4, 0.5) is 0 Å². The Kier molecular flexibility index (Phi) is 4.90. The van der Waals surface area contributed by atoms with E-state index >= 15 is 0 Å². The second-order valence-electron chi connectivity index (χ2n) is 6.21. The molecule has 0 radical (unpaired) electrons. The number of rotatable bonds is 5. The third-order valence-corrected chi connectivity index (χ3v) is 4.49. The van der Waals surface area contributed by atoms with Gasteiger partial charge >= 0.3 is 0 Å². The molecule has 7 nitrogen and oxygen atoms in total. The van der Waals surface area contributed by atoms with E-state index in [0.717, 1.165) is 5.56 Å². The van der Waals surface area contributed by atoms with Gasteiger partial charge in [-0.25, -0.2) is 9.67 Å². The third-order valence-electron chi connectivity index (χ3n) is 4.25. The first-order valence-electron chi connectivity index (χ1n) is 8.61. The van der Waals surface area contributed by atoms with Crippen molar-refractivity contribution < 1.29 is 4.79 Å². The van der Waals surface area contributed by atoms with Crippen LogP contribution < -0.4 is 10.9 Å². The van der Waals surface area contributed by atoms with Crippen LogP contribution in [0.1, 0.15) is 5.56 Å². The number of aromatic nitrogens is 4. The first-order valence-corrected chi connectivity index (χ1v) is 8.99. The van der Waals surface area contributed by atoms with Crippen LogP contribution in [0.3, 0.4) is 0 Å². The monoisotopic (exact) mass is 393 g/mol. The first-order chi connectivity index (χ1) is 13.6. The van der Waals surface area contributed by atoms with Crippen molar-refractivity contribution >= 4 is 28.5 Å². The van der Waals surface area contributed by atoms with E-state index in [1.807, 2.05) is 36.4 Å². The number of benzene rings is 2. The maximum absolute atomic E-state index is 12.7. The molecule has 28 heavy (non-hydrogen) atoms. The van der Waals surface area contributed by atoms with Gasteiger partial charge in [-0.3, -0.25) is 14.2 Å². The Bertz CT molecular complexity index is 1200. The van der Waals surface area contributed by atoms with Crippen molar-refractivity contribution in [3.8, 4) is 5.69 Å². The molecule has 1 amide bonds. The minimum atomic E-state index is -0.326. The number of fused-ring (bicyclic) bond motifs is 1. The molecule has 4 aromatic rings. The van der Waals surface area contributed by atoms with Gasteiger partial charge in [0.2, 0.25) is 5.91 Å². The lowest BCUT2D eigenvalue weighted by Crippen LogP contribution is -2.32. The van der Waals surface area contributed by atoms with Crippen LogP contribution in [0.5, 0.6) is 0 Å². The van der Waals surface area contributed by atoms with Crippen LogP contribution in [0.15, 0.2) is 71.9 Å². The van der Waals surface area contributed by atoms with Crippen LogP contribution in [-0.2, 0) is 17.9 Å². The minimum Gasteiger partial charge on any atom is -0.350 e. The van der Waals surface area contributed by atoms with Crippen LogP contribution >= 0.6 is 11.6 Å². The van der Waals surface area contributed by atoms with Gasteiger partial charge in [-0.2, -0.15) is 5.10 Å². The lowest BCUT2D eigenvalue weighted by atomic mass is 10.2. The van der Waals surface area contributed by atoms with Gasteiger partial charge in [0.15, 0.2) is 5.65 Å². The Morgan fingerprint density at radius 1 is 1.11 bits per heavy atom. The molecule has 0 atom stereocenters. The molecule has 0 spiro atoms. The summed E-state index contributed by atoms with van der Waals surface area (Å²) in [6.45, 7) is 0.285. The summed E-state index contributed by atoms with van der Waals surface area (Å²) < 4.78 is 2.81. The largest absolute Gasteiger partial charge is 0.350 e. The Morgan fingerprint density at radius 3 is 2.71 bits per heavy atom. The fraction of sp³-hybridized carbons (Fsp3) is 0.100. The summed E-state index contributed by atoms with van der Waals surface area (Å²) in [4.78, 5) is 29.2. The highest BCUT2D eigenvalue weighted by Crippen LogP contribution is 2.17. The third kappa shape index (κ3) is 3.65. The van der Waals surface area contributed by atoms with Gasteiger partial charge in [0.25, 0.3) is 5.56 Å². The molecule has 2 aromatic carbocycles. The number of nitrogens with zero attached hydrogens (tertiary/aromatic N) is 4. The normalized spacial score (nSPS) is 10.9. The van der Waals surface area contributed by atoms with Crippen molar-refractivity contribution in [2.45, 2.75) is 13.1 Å². The first kappa shape index (κ1) is 17.9. The van der Waals surface area contributed by atoms with E-state index in [2.05, 4.69) is 15.4 Å². The van der Waals surface area contributed by atoms with Gasteiger partial charge in [0.1, 0.15) is 18.3 Å². The number of carbonyl (C=O) groups is 1. The molecule has 0 bridgehead atoms. The second kappa shape index (κ2) is 7.66. The minimum absolute atomic E-state index is 0.114. The molecule has 140 valence electrons. The lowest BCUT2D eigenvalue weighted by molar-refractivity contribution is -0.121. The van der Waals surface area contributed by atoms with E-state index in [1.54, 1.807) is 22.9 Å². The summed E-state index contributed by atoms with van der Waals surface area (Å²) in [6.07, 6.45) is 2.80.